The SMILES string of the molecule is C/C(CCC(CC(=O)O)C(C)C)=N\NC(N)=O. The maximum absolute atomic E-state index is 10.7. The molecule has 2 amide bonds. The van der Waals surface area contributed by atoms with Gasteiger partial charge in [-0.05, 0) is 31.6 Å². The predicted octanol–water partition coefficient (Wildman–Crippen LogP) is 1.56. The molecule has 0 aliphatic heterocycles. The highest BCUT2D eigenvalue weighted by Crippen LogP contribution is 2.21. The molecule has 0 aromatic heterocycles. The van der Waals surface area contributed by atoms with Gasteiger partial charge in [-0.3, -0.25) is 4.79 Å². The van der Waals surface area contributed by atoms with E-state index in [1.165, 1.54) is 0 Å². The van der Waals surface area contributed by atoms with E-state index >= 15 is 0 Å². The van der Waals surface area contributed by atoms with Crippen molar-refractivity contribution in [2.24, 2.45) is 22.7 Å². The summed E-state index contributed by atoms with van der Waals surface area (Å²) < 4.78 is 0. The van der Waals surface area contributed by atoms with Gasteiger partial charge in [-0.1, -0.05) is 13.8 Å². The van der Waals surface area contributed by atoms with Gasteiger partial charge in [-0.2, -0.15) is 5.10 Å². The van der Waals surface area contributed by atoms with Crippen LogP contribution in [0.1, 0.15) is 40.0 Å². The third-order valence-electron chi connectivity index (χ3n) is 2.61. The van der Waals surface area contributed by atoms with Crippen molar-refractivity contribution in [2.45, 2.75) is 40.0 Å². The zero-order chi connectivity index (χ0) is 13.4. The van der Waals surface area contributed by atoms with E-state index in [0.29, 0.717) is 12.3 Å². The maximum atomic E-state index is 10.7. The molecule has 17 heavy (non-hydrogen) atoms. The lowest BCUT2D eigenvalue weighted by atomic mass is 9.88. The van der Waals surface area contributed by atoms with E-state index in [-0.39, 0.29) is 12.3 Å². The van der Waals surface area contributed by atoms with Crippen molar-refractivity contribution in [3.05, 3.63) is 0 Å². The molecule has 0 aromatic carbocycles. The fourth-order valence-corrected chi connectivity index (χ4v) is 1.50. The molecule has 0 aromatic rings. The van der Waals surface area contributed by atoms with Crippen molar-refractivity contribution < 1.29 is 14.7 Å². The third kappa shape index (κ3) is 8.24. The Labute approximate surface area is 101 Å². The normalized spacial score (nSPS) is 13.5. The van der Waals surface area contributed by atoms with Crippen LogP contribution in [0.2, 0.25) is 0 Å². The molecule has 0 fully saturated rings. The molecule has 0 aliphatic carbocycles. The molecule has 0 heterocycles. The number of primary amides is 1. The number of carbonyl (C=O) groups is 2. The summed E-state index contributed by atoms with van der Waals surface area (Å²) in [6.45, 7) is 5.78. The van der Waals surface area contributed by atoms with Gasteiger partial charge in [0, 0.05) is 12.1 Å². The van der Waals surface area contributed by atoms with Gasteiger partial charge in [0.2, 0.25) is 0 Å². The van der Waals surface area contributed by atoms with Gasteiger partial charge >= 0.3 is 12.0 Å². The Balaban J connectivity index is 4.16. The number of nitrogens with two attached hydrogens (primary N) is 1. The molecule has 0 saturated heterocycles. The molecular weight excluding hydrogens is 222 g/mol. The Bertz CT molecular complexity index is 300. The van der Waals surface area contributed by atoms with Crippen LogP contribution in [0, 0.1) is 11.8 Å². The number of aliphatic carboxylic acids is 1. The largest absolute Gasteiger partial charge is 0.481 e. The lowest BCUT2D eigenvalue weighted by Crippen LogP contribution is -2.25. The molecule has 1 unspecified atom stereocenters. The van der Waals surface area contributed by atoms with Crippen LogP contribution in [0.4, 0.5) is 4.79 Å². The number of carbonyl (C=O) groups excluding carboxylic acids is 1. The molecule has 0 saturated carbocycles. The number of nitrogens with zero attached hydrogens (tertiary/aromatic N) is 1. The quantitative estimate of drug-likeness (QED) is 0.466. The van der Waals surface area contributed by atoms with Crippen LogP contribution in [0.15, 0.2) is 5.10 Å². The predicted molar refractivity (Wildman–Crippen MR) is 65.6 cm³/mol. The Morgan fingerprint density at radius 2 is 2.00 bits per heavy atom. The van der Waals surface area contributed by atoms with Crippen LogP contribution >= 0.6 is 0 Å². The number of hydrogen-bond acceptors (Lipinski definition) is 3. The van der Waals surface area contributed by atoms with E-state index in [4.69, 9.17) is 10.8 Å². The lowest BCUT2D eigenvalue weighted by molar-refractivity contribution is -0.138. The summed E-state index contributed by atoms with van der Waals surface area (Å²) in [5, 5.41) is 12.5. The number of hydrogen-bond donors (Lipinski definition) is 3. The van der Waals surface area contributed by atoms with E-state index in [2.05, 4.69) is 10.5 Å². The summed E-state index contributed by atoms with van der Waals surface area (Å²) in [4.78, 5) is 21.1. The van der Waals surface area contributed by atoms with Crippen molar-refractivity contribution in [3.63, 3.8) is 0 Å². The van der Waals surface area contributed by atoms with E-state index in [1.807, 2.05) is 13.8 Å². The summed E-state index contributed by atoms with van der Waals surface area (Å²) >= 11 is 0. The average molecular weight is 243 g/mol. The van der Waals surface area contributed by atoms with Gasteiger partial charge in [-0.15, -0.1) is 0 Å². The third-order valence-corrected chi connectivity index (χ3v) is 2.61. The summed E-state index contributed by atoms with van der Waals surface area (Å²) in [5.74, 6) is -0.359. The van der Waals surface area contributed by atoms with Crippen molar-refractivity contribution in [1.82, 2.24) is 5.43 Å². The first-order valence-corrected chi connectivity index (χ1v) is 5.63. The van der Waals surface area contributed by atoms with Crippen LogP contribution in [0.5, 0.6) is 0 Å². The second-order valence-electron chi connectivity index (χ2n) is 4.46. The van der Waals surface area contributed by atoms with Crippen molar-refractivity contribution in [2.75, 3.05) is 0 Å². The van der Waals surface area contributed by atoms with E-state index < -0.39 is 12.0 Å². The molecule has 0 aliphatic rings. The number of amides is 2. The fraction of sp³-hybridized carbons (Fsp3) is 0.727. The van der Waals surface area contributed by atoms with Crippen molar-refractivity contribution >= 4 is 17.7 Å². The second kappa shape index (κ2) is 7.65. The zero-order valence-electron chi connectivity index (χ0n) is 10.6. The highest BCUT2D eigenvalue weighted by molar-refractivity contribution is 5.83. The lowest BCUT2D eigenvalue weighted by Gasteiger charge is -2.18. The first-order chi connectivity index (χ1) is 7.82. The molecule has 6 nitrogen and oxygen atoms in total. The van der Waals surface area contributed by atoms with Gasteiger partial charge < -0.3 is 10.8 Å². The van der Waals surface area contributed by atoms with E-state index in [1.54, 1.807) is 6.92 Å². The van der Waals surface area contributed by atoms with Gasteiger partial charge in [0.1, 0.15) is 0 Å². The highest BCUT2D eigenvalue weighted by Gasteiger charge is 2.17. The van der Waals surface area contributed by atoms with E-state index in [9.17, 15) is 9.59 Å². The van der Waals surface area contributed by atoms with Gasteiger partial charge in [0.25, 0.3) is 0 Å². The van der Waals surface area contributed by atoms with Crippen molar-refractivity contribution in [1.29, 1.82) is 0 Å². The number of rotatable bonds is 7. The number of carboxylic acids is 1. The summed E-state index contributed by atoms with van der Waals surface area (Å²) in [6, 6.07) is -0.699. The van der Waals surface area contributed by atoms with Crippen LogP contribution in [0.25, 0.3) is 0 Å². The second-order valence-corrected chi connectivity index (χ2v) is 4.46. The average Bonchev–Trinajstić information content (AvgIpc) is 2.20. The molecule has 4 N–H and O–H groups in total. The van der Waals surface area contributed by atoms with Crippen LogP contribution in [-0.4, -0.2) is 22.8 Å². The Kier molecular flexibility index (Phi) is 6.93. The van der Waals surface area contributed by atoms with Gasteiger partial charge in [-0.25, -0.2) is 10.2 Å². The minimum atomic E-state index is -0.784. The molecule has 0 spiro atoms. The summed E-state index contributed by atoms with van der Waals surface area (Å²) in [6.07, 6.45) is 1.55. The smallest absolute Gasteiger partial charge is 0.332 e. The number of carboxylic acid groups (broad SMARTS) is 1. The van der Waals surface area contributed by atoms with Gasteiger partial charge in [0.05, 0.1) is 0 Å². The highest BCUT2D eigenvalue weighted by atomic mass is 16.4. The minimum Gasteiger partial charge on any atom is -0.481 e. The zero-order valence-corrected chi connectivity index (χ0v) is 10.6. The molecule has 1 atom stereocenters. The monoisotopic (exact) mass is 243 g/mol. The molecular formula is C11H21N3O3. The number of hydrazone groups is 1. The Morgan fingerprint density at radius 1 is 1.41 bits per heavy atom. The van der Waals surface area contributed by atoms with Crippen LogP contribution < -0.4 is 11.2 Å². The minimum absolute atomic E-state index is 0.117. The number of nitrogens with one attached hydrogen (secondary N) is 1. The van der Waals surface area contributed by atoms with Crippen molar-refractivity contribution in [3.8, 4) is 0 Å². The van der Waals surface area contributed by atoms with Crippen LogP contribution in [-0.2, 0) is 4.79 Å². The topological polar surface area (TPSA) is 105 Å². The van der Waals surface area contributed by atoms with Crippen LogP contribution in [0.3, 0.4) is 0 Å². The first kappa shape index (κ1) is 15.4. The Hall–Kier alpha value is -1.59. The van der Waals surface area contributed by atoms with Gasteiger partial charge in [0.15, 0.2) is 0 Å². The molecule has 98 valence electrons. The summed E-state index contributed by atoms with van der Waals surface area (Å²) in [5.41, 5.74) is 7.76. The maximum Gasteiger partial charge on any atom is 0.332 e. The Morgan fingerprint density at radius 3 is 2.41 bits per heavy atom. The first-order valence-electron chi connectivity index (χ1n) is 5.63. The summed E-state index contributed by atoms with van der Waals surface area (Å²) in [7, 11) is 0. The molecule has 0 bridgehead atoms. The standard InChI is InChI=1S/C11H21N3O3/c1-7(2)9(6-10(15)16)5-4-8(3)13-14-11(12)17/h7,9H,4-6H2,1-3H3,(H,15,16)(H3,12,14,17)/b13-8+. The molecule has 6 heteroatoms. The molecule has 0 rings (SSSR count). The fourth-order valence-electron chi connectivity index (χ4n) is 1.50. The van der Waals surface area contributed by atoms with E-state index in [0.717, 1.165) is 12.1 Å². The number of urea groups is 1. The molecule has 0 radical (unpaired) electrons.